The molecule has 0 bridgehead atoms. The molecule has 0 saturated heterocycles. The van der Waals surface area contributed by atoms with Gasteiger partial charge in [-0.25, -0.2) is 4.99 Å². The van der Waals surface area contributed by atoms with Crippen LogP contribution in [0.3, 0.4) is 0 Å². The summed E-state index contributed by atoms with van der Waals surface area (Å²) in [5.41, 5.74) is 8.01. The van der Waals surface area contributed by atoms with Crippen LogP contribution in [-0.4, -0.2) is 44.7 Å². The van der Waals surface area contributed by atoms with Crippen LogP contribution >= 0.6 is 24.0 Å². The van der Waals surface area contributed by atoms with E-state index >= 15 is 0 Å². The number of carbonyl (C=O) groups is 1. The molecular weight excluding hydrogens is 419 g/mol. The first kappa shape index (κ1) is 20.7. The van der Waals surface area contributed by atoms with Crippen molar-refractivity contribution in [2.45, 2.75) is 26.2 Å². The molecular formula is C17H27IN4O2. The summed E-state index contributed by atoms with van der Waals surface area (Å²) < 4.78 is 5.24. The van der Waals surface area contributed by atoms with Gasteiger partial charge in [0.05, 0.1) is 0 Å². The van der Waals surface area contributed by atoms with E-state index in [0.29, 0.717) is 19.1 Å². The topological polar surface area (TPSA) is 80.0 Å². The molecule has 6 nitrogen and oxygen atoms in total. The van der Waals surface area contributed by atoms with Crippen LogP contribution in [0.2, 0.25) is 0 Å². The van der Waals surface area contributed by atoms with Gasteiger partial charge in [0.1, 0.15) is 6.54 Å². The number of aryl methyl sites for hydroxylation is 1. The number of fused-ring (bicyclic) bond motifs is 1. The van der Waals surface area contributed by atoms with E-state index in [1.807, 2.05) is 30.0 Å². The van der Waals surface area contributed by atoms with Gasteiger partial charge in [0.2, 0.25) is 5.91 Å². The summed E-state index contributed by atoms with van der Waals surface area (Å²) in [5, 5.41) is 3.00. The maximum absolute atomic E-state index is 12.4. The van der Waals surface area contributed by atoms with Gasteiger partial charge in [-0.1, -0.05) is 18.2 Å². The summed E-state index contributed by atoms with van der Waals surface area (Å²) in [6.45, 7) is 4.88. The Bertz CT molecular complexity index is 551. The number of nitrogens with two attached hydrogens (primary N) is 1. The number of nitrogens with zero attached hydrogens (tertiary/aromatic N) is 2. The minimum Gasteiger partial charge on any atom is -0.382 e. The Kier molecular flexibility index (Phi) is 9.70. The molecule has 24 heavy (non-hydrogen) atoms. The van der Waals surface area contributed by atoms with Crippen LogP contribution in [0.25, 0.3) is 0 Å². The Hall–Kier alpha value is -1.35. The minimum atomic E-state index is -0.0174. The number of amides is 1. The highest BCUT2D eigenvalue weighted by Crippen LogP contribution is 2.26. The number of para-hydroxylation sites is 1. The first-order chi connectivity index (χ1) is 11.2. The van der Waals surface area contributed by atoms with Gasteiger partial charge in [-0.2, -0.15) is 0 Å². The lowest BCUT2D eigenvalue weighted by molar-refractivity contribution is -0.117. The van der Waals surface area contributed by atoms with Crippen molar-refractivity contribution in [3.05, 3.63) is 29.8 Å². The smallest absolute Gasteiger partial charge is 0.248 e. The van der Waals surface area contributed by atoms with Crippen LogP contribution in [0, 0.1) is 0 Å². The predicted octanol–water partition coefficient (Wildman–Crippen LogP) is 1.91. The molecule has 0 aliphatic carbocycles. The monoisotopic (exact) mass is 446 g/mol. The van der Waals surface area contributed by atoms with E-state index in [2.05, 4.69) is 16.4 Å². The predicted molar refractivity (Wildman–Crippen MR) is 108 cm³/mol. The lowest BCUT2D eigenvalue weighted by Gasteiger charge is -2.29. The van der Waals surface area contributed by atoms with Crippen LogP contribution in [0.15, 0.2) is 29.3 Å². The fourth-order valence-corrected chi connectivity index (χ4v) is 2.62. The van der Waals surface area contributed by atoms with Crippen molar-refractivity contribution in [1.29, 1.82) is 0 Å². The zero-order valence-electron chi connectivity index (χ0n) is 14.2. The highest BCUT2D eigenvalue weighted by molar-refractivity contribution is 14.0. The standard InChI is InChI=1S/C17H26N4O2.HI/c1-2-23-12-6-10-19-17(18)20-13-16(22)21-11-5-8-14-7-3-4-9-15(14)21;/h3-4,7,9H,2,5-6,8,10-13H2,1H3,(H3,18,19,20);1H. The van der Waals surface area contributed by atoms with Crippen molar-refractivity contribution in [3.8, 4) is 0 Å². The van der Waals surface area contributed by atoms with Gasteiger partial charge in [0.25, 0.3) is 0 Å². The number of benzene rings is 1. The van der Waals surface area contributed by atoms with Gasteiger partial charge in [-0.15, -0.1) is 24.0 Å². The molecule has 1 aliphatic heterocycles. The van der Waals surface area contributed by atoms with Gasteiger partial charge >= 0.3 is 0 Å². The molecule has 7 heteroatoms. The number of ether oxygens (including phenoxy) is 1. The molecule has 0 atom stereocenters. The second kappa shape index (κ2) is 11.2. The molecule has 0 radical (unpaired) electrons. The second-order valence-electron chi connectivity index (χ2n) is 5.46. The summed E-state index contributed by atoms with van der Waals surface area (Å²) in [6, 6.07) is 8.04. The number of hydrogen-bond donors (Lipinski definition) is 2. The number of aliphatic imine (C=N–C) groups is 1. The number of carbonyl (C=O) groups excluding carboxylic acids is 1. The Morgan fingerprint density at radius 3 is 3.00 bits per heavy atom. The van der Waals surface area contributed by atoms with E-state index in [1.165, 1.54) is 5.56 Å². The molecule has 2 rings (SSSR count). The second-order valence-corrected chi connectivity index (χ2v) is 5.46. The van der Waals surface area contributed by atoms with E-state index in [4.69, 9.17) is 10.5 Å². The fourth-order valence-electron chi connectivity index (χ4n) is 2.62. The number of guanidine groups is 1. The van der Waals surface area contributed by atoms with Crippen LogP contribution < -0.4 is 16.0 Å². The van der Waals surface area contributed by atoms with E-state index in [0.717, 1.165) is 38.1 Å². The molecule has 1 heterocycles. The number of halogens is 1. The SMILES string of the molecule is CCOCCCNC(N)=NCC(=O)N1CCCc2ccccc21.I. The zero-order valence-corrected chi connectivity index (χ0v) is 16.5. The zero-order chi connectivity index (χ0) is 16.5. The van der Waals surface area contributed by atoms with E-state index in [9.17, 15) is 4.79 Å². The van der Waals surface area contributed by atoms with Gasteiger partial charge in [0.15, 0.2) is 5.96 Å². The van der Waals surface area contributed by atoms with Crippen molar-refractivity contribution in [2.24, 2.45) is 10.7 Å². The van der Waals surface area contributed by atoms with Crippen molar-refractivity contribution < 1.29 is 9.53 Å². The van der Waals surface area contributed by atoms with Gasteiger partial charge in [-0.3, -0.25) is 4.79 Å². The molecule has 1 aliphatic rings. The van der Waals surface area contributed by atoms with Crippen LogP contribution in [0.5, 0.6) is 0 Å². The van der Waals surface area contributed by atoms with Crippen LogP contribution in [0.4, 0.5) is 5.69 Å². The van der Waals surface area contributed by atoms with Crippen molar-refractivity contribution in [2.75, 3.05) is 37.7 Å². The molecule has 0 aromatic heterocycles. The summed E-state index contributed by atoms with van der Waals surface area (Å²) >= 11 is 0. The lowest BCUT2D eigenvalue weighted by Crippen LogP contribution is -2.39. The number of hydrogen-bond acceptors (Lipinski definition) is 3. The summed E-state index contributed by atoms with van der Waals surface area (Å²) in [6.07, 6.45) is 2.86. The van der Waals surface area contributed by atoms with Crippen molar-refractivity contribution in [1.82, 2.24) is 5.32 Å². The van der Waals surface area contributed by atoms with Gasteiger partial charge in [-0.05, 0) is 37.8 Å². The average molecular weight is 446 g/mol. The number of anilines is 1. The highest BCUT2D eigenvalue weighted by Gasteiger charge is 2.21. The molecule has 1 aromatic rings. The third kappa shape index (κ3) is 6.27. The molecule has 3 N–H and O–H groups in total. The molecule has 0 unspecified atom stereocenters. The molecule has 0 fully saturated rings. The van der Waals surface area contributed by atoms with E-state index in [1.54, 1.807) is 0 Å². The van der Waals surface area contributed by atoms with E-state index < -0.39 is 0 Å². The Labute approximate surface area is 160 Å². The normalized spacial score (nSPS) is 13.9. The molecule has 0 spiro atoms. The summed E-state index contributed by atoms with van der Waals surface area (Å²) in [5.74, 6) is 0.288. The average Bonchev–Trinajstić information content (AvgIpc) is 2.59. The third-order valence-corrected chi connectivity index (χ3v) is 3.77. The Morgan fingerprint density at radius 1 is 1.42 bits per heavy atom. The number of nitrogens with one attached hydrogen (secondary N) is 1. The summed E-state index contributed by atoms with van der Waals surface area (Å²) in [4.78, 5) is 18.3. The van der Waals surface area contributed by atoms with Crippen LogP contribution in [-0.2, 0) is 16.0 Å². The Morgan fingerprint density at radius 2 is 2.21 bits per heavy atom. The fraction of sp³-hybridized carbons (Fsp3) is 0.529. The quantitative estimate of drug-likeness (QED) is 0.290. The number of rotatable bonds is 7. The first-order valence-electron chi connectivity index (χ1n) is 8.22. The first-order valence-corrected chi connectivity index (χ1v) is 8.22. The third-order valence-electron chi connectivity index (χ3n) is 3.77. The van der Waals surface area contributed by atoms with Crippen molar-refractivity contribution in [3.63, 3.8) is 0 Å². The highest BCUT2D eigenvalue weighted by atomic mass is 127. The minimum absolute atomic E-state index is 0. The Balaban J connectivity index is 0.00000288. The molecule has 1 aromatic carbocycles. The largest absolute Gasteiger partial charge is 0.382 e. The maximum atomic E-state index is 12.4. The van der Waals surface area contributed by atoms with Gasteiger partial charge < -0.3 is 20.7 Å². The summed E-state index contributed by atoms with van der Waals surface area (Å²) in [7, 11) is 0. The van der Waals surface area contributed by atoms with Gasteiger partial charge in [0, 0.05) is 32.0 Å². The molecule has 0 saturated carbocycles. The molecule has 134 valence electrons. The maximum Gasteiger partial charge on any atom is 0.248 e. The lowest BCUT2D eigenvalue weighted by atomic mass is 10.0. The van der Waals surface area contributed by atoms with Crippen LogP contribution in [0.1, 0.15) is 25.3 Å². The van der Waals surface area contributed by atoms with Crippen molar-refractivity contribution >= 4 is 41.5 Å². The molecule has 1 amide bonds. The van der Waals surface area contributed by atoms with E-state index in [-0.39, 0.29) is 36.4 Å².